The minimum absolute atomic E-state index is 0.0476. The van der Waals surface area contributed by atoms with Gasteiger partial charge in [0.05, 0.1) is 6.61 Å². The molecule has 0 saturated heterocycles. The van der Waals surface area contributed by atoms with E-state index in [1.54, 1.807) is 0 Å². The summed E-state index contributed by atoms with van der Waals surface area (Å²) in [6.45, 7) is 13.8. The average molecular weight is 449 g/mol. The summed E-state index contributed by atoms with van der Waals surface area (Å²) in [6.07, 6.45) is 14.2. The molecule has 0 amide bonds. The van der Waals surface area contributed by atoms with Gasteiger partial charge in [0.25, 0.3) is 0 Å². The highest BCUT2D eigenvalue weighted by atomic mass is 31.2. The van der Waals surface area contributed by atoms with E-state index in [1.807, 2.05) is 26.0 Å². The monoisotopic (exact) mass is 448 g/mol. The minimum Gasteiger partial charge on any atom is -0.396 e. The molecule has 0 aromatic carbocycles. The second kappa shape index (κ2) is 16.2. The average Bonchev–Trinajstić information content (AvgIpc) is 2.73. The number of hydrogen-bond donors (Lipinski definition) is 3. The van der Waals surface area contributed by atoms with Crippen LogP contribution in [0.1, 0.15) is 84.5 Å². The van der Waals surface area contributed by atoms with Gasteiger partial charge in [-0.25, -0.2) is 4.57 Å². The first-order valence-corrected chi connectivity index (χ1v) is 12.9. The first-order chi connectivity index (χ1) is 14.2. The second-order valence-corrected chi connectivity index (χ2v) is 9.56. The van der Waals surface area contributed by atoms with Crippen LogP contribution < -0.4 is 0 Å². The zero-order valence-electron chi connectivity index (χ0n) is 19.2. The minimum atomic E-state index is -4.42. The maximum absolute atomic E-state index is 11.0. The van der Waals surface area contributed by atoms with Gasteiger partial charge in [0, 0.05) is 25.2 Å². The predicted molar refractivity (Wildman–Crippen MR) is 123 cm³/mol. The van der Waals surface area contributed by atoms with Gasteiger partial charge in [-0.05, 0) is 69.6 Å². The summed E-state index contributed by atoms with van der Waals surface area (Å²) < 4.78 is 21.6. The maximum atomic E-state index is 11.0. The zero-order chi connectivity index (χ0) is 22.9. The highest BCUT2D eigenvalue weighted by Crippen LogP contribution is 2.42. The Hall–Kier alpha value is -0.490. The van der Waals surface area contributed by atoms with Crippen molar-refractivity contribution >= 4 is 7.82 Å². The third-order valence-corrected chi connectivity index (χ3v) is 6.79. The molecule has 0 fully saturated rings. The van der Waals surface area contributed by atoms with Crippen LogP contribution in [0.2, 0.25) is 0 Å². The molecule has 0 aliphatic heterocycles. The van der Waals surface area contributed by atoms with Crippen LogP contribution in [0.4, 0.5) is 0 Å². The van der Waals surface area contributed by atoms with Crippen molar-refractivity contribution in [1.82, 2.24) is 0 Å². The number of aliphatic hydroxyl groups is 1. The van der Waals surface area contributed by atoms with E-state index in [0.717, 1.165) is 77.2 Å². The SMILES string of the molecule is C=CC(C=C)(CCCCO)CCCCOCCCCC(CC)(CC)COP(=O)(O)O. The van der Waals surface area contributed by atoms with Crippen LogP contribution in [-0.4, -0.2) is 41.3 Å². The molecule has 0 saturated carbocycles. The zero-order valence-corrected chi connectivity index (χ0v) is 20.1. The Morgan fingerprint density at radius 2 is 1.37 bits per heavy atom. The molecular formula is C23H45O6P. The van der Waals surface area contributed by atoms with Crippen LogP contribution in [0.25, 0.3) is 0 Å². The smallest absolute Gasteiger partial charge is 0.396 e. The molecule has 0 spiro atoms. The van der Waals surface area contributed by atoms with E-state index in [-0.39, 0.29) is 24.0 Å². The second-order valence-electron chi connectivity index (χ2n) is 8.32. The van der Waals surface area contributed by atoms with Gasteiger partial charge in [-0.1, -0.05) is 32.4 Å². The number of phosphoric ester groups is 1. The number of rotatable bonds is 21. The molecular weight excluding hydrogens is 403 g/mol. The molecule has 0 bridgehead atoms. The van der Waals surface area contributed by atoms with E-state index >= 15 is 0 Å². The first-order valence-electron chi connectivity index (χ1n) is 11.4. The summed E-state index contributed by atoms with van der Waals surface area (Å²) in [5.41, 5.74) is -0.232. The van der Waals surface area contributed by atoms with E-state index in [0.29, 0.717) is 6.61 Å². The van der Waals surface area contributed by atoms with E-state index in [2.05, 4.69) is 13.2 Å². The molecule has 0 atom stereocenters. The van der Waals surface area contributed by atoms with Gasteiger partial charge in [-0.2, -0.15) is 0 Å². The van der Waals surface area contributed by atoms with E-state index in [4.69, 9.17) is 24.2 Å². The largest absolute Gasteiger partial charge is 0.469 e. The fourth-order valence-electron chi connectivity index (χ4n) is 3.75. The summed E-state index contributed by atoms with van der Waals surface area (Å²) in [4.78, 5) is 17.9. The Kier molecular flexibility index (Phi) is 15.9. The van der Waals surface area contributed by atoms with Gasteiger partial charge in [-0.3, -0.25) is 4.52 Å². The summed E-state index contributed by atoms with van der Waals surface area (Å²) in [5.74, 6) is 0. The van der Waals surface area contributed by atoms with Crippen LogP contribution in [0.15, 0.2) is 25.3 Å². The molecule has 0 radical (unpaired) electrons. The number of phosphoric acid groups is 1. The molecule has 0 aromatic rings. The molecule has 0 aliphatic carbocycles. The third-order valence-electron chi connectivity index (χ3n) is 6.33. The Bertz CT molecular complexity index is 490. The molecule has 3 N–H and O–H groups in total. The lowest BCUT2D eigenvalue weighted by atomic mass is 9.78. The lowest BCUT2D eigenvalue weighted by molar-refractivity contribution is 0.0815. The fourth-order valence-corrected chi connectivity index (χ4v) is 4.19. The van der Waals surface area contributed by atoms with Gasteiger partial charge in [0.1, 0.15) is 0 Å². The van der Waals surface area contributed by atoms with E-state index < -0.39 is 7.82 Å². The number of hydrogen-bond acceptors (Lipinski definition) is 4. The van der Waals surface area contributed by atoms with Crippen LogP contribution in [0.5, 0.6) is 0 Å². The summed E-state index contributed by atoms with van der Waals surface area (Å²) in [5, 5.41) is 8.97. The number of ether oxygens (including phenoxy) is 1. The molecule has 6 nitrogen and oxygen atoms in total. The number of aliphatic hydroxyl groups excluding tert-OH is 1. The third kappa shape index (κ3) is 13.0. The highest BCUT2D eigenvalue weighted by molar-refractivity contribution is 7.46. The van der Waals surface area contributed by atoms with Crippen molar-refractivity contribution in [2.75, 3.05) is 26.4 Å². The Morgan fingerprint density at radius 3 is 1.80 bits per heavy atom. The highest BCUT2D eigenvalue weighted by Gasteiger charge is 2.29. The first kappa shape index (κ1) is 29.5. The van der Waals surface area contributed by atoms with Crippen LogP contribution >= 0.6 is 7.82 Å². The van der Waals surface area contributed by atoms with E-state index in [1.165, 1.54) is 0 Å². The lowest BCUT2D eigenvalue weighted by Gasteiger charge is -2.31. The van der Waals surface area contributed by atoms with Gasteiger partial charge >= 0.3 is 7.82 Å². The van der Waals surface area contributed by atoms with Crippen molar-refractivity contribution in [3.05, 3.63) is 25.3 Å². The number of unbranched alkanes of at least 4 members (excludes halogenated alkanes) is 3. The molecule has 30 heavy (non-hydrogen) atoms. The van der Waals surface area contributed by atoms with Crippen molar-refractivity contribution in [3.8, 4) is 0 Å². The standard InChI is InChI=1S/C23H45O6P/c1-5-22(6-2,15-9-12-18-24)16-10-13-19-28-20-14-11-17-23(7-3,8-4)21-29-30(25,26)27/h5-6,24H,1-2,7-21H2,3-4H3,(H2,25,26,27). The van der Waals surface area contributed by atoms with Crippen molar-refractivity contribution in [2.45, 2.75) is 84.5 Å². The van der Waals surface area contributed by atoms with Gasteiger partial charge in [-0.15, -0.1) is 13.2 Å². The van der Waals surface area contributed by atoms with Crippen LogP contribution in [0, 0.1) is 10.8 Å². The maximum Gasteiger partial charge on any atom is 0.469 e. The van der Waals surface area contributed by atoms with Gasteiger partial charge in [0.15, 0.2) is 0 Å². The normalized spacial score (nSPS) is 12.8. The van der Waals surface area contributed by atoms with Crippen molar-refractivity contribution in [2.24, 2.45) is 10.8 Å². The molecule has 0 unspecified atom stereocenters. The Balaban J connectivity index is 4.03. The topological polar surface area (TPSA) is 96.2 Å². The fraction of sp³-hybridized carbons (Fsp3) is 0.826. The molecule has 0 aromatic heterocycles. The lowest BCUT2D eigenvalue weighted by Crippen LogP contribution is -2.25. The summed E-state index contributed by atoms with van der Waals surface area (Å²) >= 11 is 0. The molecule has 0 rings (SSSR count). The van der Waals surface area contributed by atoms with Crippen LogP contribution in [-0.2, 0) is 13.8 Å². The summed E-state index contributed by atoms with van der Waals surface area (Å²) in [6, 6.07) is 0. The van der Waals surface area contributed by atoms with Crippen molar-refractivity contribution in [1.29, 1.82) is 0 Å². The Morgan fingerprint density at radius 1 is 0.867 bits per heavy atom. The van der Waals surface area contributed by atoms with Crippen LogP contribution in [0.3, 0.4) is 0 Å². The van der Waals surface area contributed by atoms with Crippen molar-refractivity contribution < 1.29 is 28.7 Å². The Labute approximate surface area is 184 Å². The molecule has 0 heterocycles. The molecule has 7 heteroatoms. The quantitative estimate of drug-likeness (QED) is 0.117. The molecule has 0 aliphatic rings. The van der Waals surface area contributed by atoms with E-state index in [9.17, 15) is 4.57 Å². The van der Waals surface area contributed by atoms with Gasteiger partial charge < -0.3 is 19.6 Å². The van der Waals surface area contributed by atoms with Gasteiger partial charge in [0.2, 0.25) is 0 Å². The van der Waals surface area contributed by atoms with Crippen molar-refractivity contribution in [3.63, 3.8) is 0 Å². The summed E-state index contributed by atoms with van der Waals surface area (Å²) in [7, 11) is -4.42. The molecule has 178 valence electrons. The number of allylic oxidation sites excluding steroid dienone is 2. The predicted octanol–water partition coefficient (Wildman–Crippen LogP) is 5.78.